The highest BCUT2D eigenvalue weighted by atomic mass is 16.6. The van der Waals surface area contributed by atoms with Crippen LogP contribution in [0.25, 0.3) is 11.2 Å². The molecule has 0 aromatic carbocycles. The number of aromatic hydroxyl groups is 1. The Hall–Kier alpha value is -2.51. The fraction of sp³-hybridized carbons (Fsp3) is 0.632. The summed E-state index contributed by atoms with van der Waals surface area (Å²) in [6.07, 6.45) is 1.45. The molecule has 1 N–H and O–H groups in total. The fourth-order valence-corrected chi connectivity index (χ4v) is 3.49. The number of hydrogen-bond acceptors (Lipinski definition) is 6. The molecular weight excluding hydrogens is 346 g/mol. The molecule has 1 saturated heterocycles. The predicted octanol–water partition coefficient (Wildman–Crippen LogP) is 2.99. The SMILES string of the molecule is CCn1cnc2c(N3C[C@@H](C)N(C(=O)OC(C)(C)C)C[C@@H]3C)cc(O)nc21. The first-order chi connectivity index (χ1) is 12.6. The summed E-state index contributed by atoms with van der Waals surface area (Å²) in [6, 6.07) is 1.67. The highest BCUT2D eigenvalue weighted by Gasteiger charge is 2.35. The summed E-state index contributed by atoms with van der Waals surface area (Å²) in [7, 11) is 0. The first-order valence-corrected chi connectivity index (χ1v) is 9.41. The van der Waals surface area contributed by atoms with Crippen LogP contribution in [0.1, 0.15) is 41.5 Å². The number of aromatic nitrogens is 3. The summed E-state index contributed by atoms with van der Waals surface area (Å²) in [5.74, 6) is -0.0258. The van der Waals surface area contributed by atoms with E-state index in [4.69, 9.17) is 4.74 Å². The van der Waals surface area contributed by atoms with E-state index in [-0.39, 0.29) is 24.1 Å². The molecule has 1 amide bonds. The Kier molecular flexibility index (Phi) is 4.92. The molecule has 148 valence electrons. The van der Waals surface area contributed by atoms with Crippen LogP contribution < -0.4 is 4.90 Å². The van der Waals surface area contributed by atoms with Crippen molar-refractivity contribution < 1.29 is 14.6 Å². The Morgan fingerprint density at radius 1 is 1.30 bits per heavy atom. The minimum Gasteiger partial charge on any atom is -0.493 e. The van der Waals surface area contributed by atoms with Gasteiger partial charge in [0.2, 0.25) is 5.88 Å². The van der Waals surface area contributed by atoms with Crippen LogP contribution in [0.4, 0.5) is 10.5 Å². The maximum atomic E-state index is 12.5. The normalized spacial score (nSPS) is 21.0. The van der Waals surface area contributed by atoms with E-state index in [2.05, 4.69) is 21.8 Å². The van der Waals surface area contributed by atoms with Crippen LogP contribution in [0.3, 0.4) is 0 Å². The van der Waals surface area contributed by atoms with Gasteiger partial charge in [-0.1, -0.05) is 0 Å². The van der Waals surface area contributed by atoms with Crippen molar-refractivity contribution >= 4 is 22.9 Å². The molecule has 3 rings (SSSR count). The third-order valence-corrected chi connectivity index (χ3v) is 4.80. The minimum absolute atomic E-state index is 0.0258. The molecule has 0 unspecified atom stereocenters. The second kappa shape index (κ2) is 6.90. The van der Waals surface area contributed by atoms with E-state index in [1.54, 1.807) is 17.3 Å². The number of carbonyl (C=O) groups is 1. The highest BCUT2D eigenvalue weighted by molar-refractivity contribution is 5.87. The Balaban J connectivity index is 1.89. The van der Waals surface area contributed by atoms with Crippen molar-refractivity contribution in [2.24, 2.45) is 0 Å². The van der Waals surface area contributed by atoms with Crippen molar-refractivity contribution in [2.45, 2.75) is 65.8 Å². The maximum Gasteiger partial charge on any atom is 0.410 e. The smallest absolute Gasteiger partial charge is 0.410 e. The highest BCUT2D eigenvalue weighted by Crippen LogP contribution is 2.32. The van der Waals surface area contributed by atoms with Crippen LogP contribution in [0.15, 0.2) is 12.4 Å². The summed E-state index contributed by atoms with van der Waals surface area (Å²) >= 11 is 0. The molecule has 1 fully saturated rings. The lowest BCUT2D eigenvalue weighted by atomic mass is 10.1. The minimum atomic E-state index is -0.521. The first kappa shape index (κ1) is 19.3. The van der Waals surface area contributed by atoms with Gasteiger partial charge in [0.25, 0.3) is 0 Å². The van der Waals surface area contributed by atoms with E-state index >= 15 is 0 Å². The Morgan fingerprint density at radius 3 is 2.63 bits per heavy atom. The average Bonchev–Trinajstić information content (AvgIpc) is 2.97. The van der Waals surface area contributed by atoms with Crippen molar-refractivity contribution in [3.05, 3.63) is 12.4 Å². The van der Waals surface area contributed by atoms with Gasteiger partial charge in [0, 0.05) is 37.8 Å². The number of pyridine rings is 1. The number of rotatable bonds is 2. The molecule has 0 saturated carbocycles. The van der Waals surface area contributed by atoms with Crippen LogP contribution in [0.2, 0.25) is 0 Å². The van der Waals surface area contributed by atoms with Crippen LogP contribution in [0, 0.1) is 0 Å². The van der Waals surface area contributed by atoms with Gasteiger partial charge in [0.1, 0.15) is 11.1 Å². The van der Waals surface area contributed by atoms with Gasteiger partial charge in [-0.25, -0.2) is 9.78 Å². The van der Waals surface area contributed by atoms with Gasteiger partial charge in [-0.2, -0.15) is 4.98 Å². The van der Waals surface area contributed by atoms with Crippen molar-refractivity contribution in [2.75, 3.05) is 18.0 Å². The molecule has 8 heteroatoms. The molecule has 2 atom stereocenters. The molecule has 1 aliphatic heterocycles. The molecular formula is C19H29N5O3. The predicted molar refractivity (Wildman–Crippen MR) is 104 cm³/mol. The molecule has 27 heavy (non-hydrogen) atoms. The van der Waals surface area contributed by atoms with E-state index in [0.29, 0.717) is 18.7 Å². The van der Waals surface area contributed by atoms with Crippen molar-refractivity contribution in [1.82, 2.24) is 19.4 Å². The Bertz CT molecular complexity index is 842. The third kappa shape index (κ3) is 3.79. The second-order valence-corrected chi connectivity index (χ2v) is 8.19. The summed E-state index contributed by atoms with van der Waals surface area (Å²) < 4.78 is 7.45. The maximum absolute atomic E-state index is 12.5. The van der Waals surface area contributed by atoms with Gasteiger partial charge in [0.05, 0.1) is 12.0 Å². The van der Waals surface area contributed by atoms with E-state index in [0.717, 1.165) is 17.7 Å². The lowest BCUT2D eigenvalue weighted by Gasteiger charge is -2.45. The summed E-state index contributed by atoms with van der Waals surface area (Å²) in [5, 5.41) is 10.1. The number of piperazine rings is 1. The molecule has 0 spiro atoms. The number of amides is 1. The Morgan fingerprint density at radius 2 is 2.00 bits per heavy atom. The van der Waals surface area contributed by atoms with Gasteiger partial charge < -0.3 is 24.2 Å². The summed E-state index contributed by atoms with van der Waals surface area (Å²) in [5.41, 5.74) is 1.75. The van der Waals surface area contributed by atoms with E-state index in [1.807, 2.05) is 39.2 Å². The monoisotopic (exact) mass is 375 g/mol. The quantitative estimate of drug-likeness (QED) is 0.869. The van der Waals surface area contributed by atoms with Gasteiger partial charge in [-0.3, -0.25) is 0 Å². The van der Waals surface area contributed by atoms with Crippen molar-refractivity contribution in [3.8, 4) is 5.88 Å². The summed E-state index contributed by atoms with van der Waals surface area (Å²) in [4.78, 5) is 25.2. The van der Waals surface area contributed by atoms with E-state index in [9.17, 15) is 9.90 Å². The first-order valence-electron chi connectivity index (χ1n) is 9.41. The molecule has 2 aromatic heterocycles. The number of nitrogens with zero attached hydrogens (tertiary/aromatic N) is 5. The Labute approximate surface area is 159 Å². The molecule has 1 aliphatic rings. The second-order valence-electron chi connectivity index (χ2n) is 8.19. The number of anilines is 1. The zero-order valence-corrected chi connectivity index (χ0v) is 16.9. The lowest BCUT2D eigenvalue weighted by Crippen LogP contribution is -2.59. The molecule has 0 bridgehead atoms. The van der Waals surface area contributed by atoms with Gasteiger partial charge in [-0.05, 0) is 41.5 Å². The summed E-state index contributed by atoms with van der Waals surface area (Å²) in [6.45, 7) is 13.6. The zero-order chi connectivity index (χ0) is 19.9. The van der Waals surface area contributed by atoms with Crippen LogP contribution in [-0.4, -0.2) is 61.4 Å². The average molecular weight is 375 g/mol. The topological polar surface area (TPSA) is 83.7 Å². The number of imidazole rings is 1. The molecule has 8 nitrogen and oxygen atoms in total. The molecule has 0 aliphatic carbocycles. The fourth-order valence-electron chi connectivity index (χ4n) is 3.49. The van der Waals surface area contributed by atoms with Gasteiger partial charge >= 0.3 is 6.09 Å². The number of carbonyl (C=O) groups excluding carboxylic acids is 1. The van der Waals surface area contributed by atoms with Crippen LogP contribution >= 0.6 is 0 Å². The van der Waals surface area contributed by atoms with Gasteiger partial charge in [-0.15, -0.1) is 0 Å². The number of hydrogen-bond donors (Lipinski definition) is 1. The van der Waals surface area contributed by atoms with E-state index < -0.39 is 5.60 Å². The number of fused-ring (bicyclic) bond motifs is 1. The van der Waals surface area contributed by atoms with E-state index in [1.165, 1.54) is 0 Å². The standard InChI is InChI=1S/C19H29N5O3/c1-7-22-11-20-16-14(8-15(25)21-17(16)22)23-9-13(3)24(10-12(23)2)18(26)27-19(4,5)6/h8,11-13H,7,9-10H2,1-6H3,(H,21,25)/t12-,13+/m0/s1. The molecule has 3 heterocycles. The zero-order valence-electron chi connectivity index (χ0n) is 16.9. The van der Waals surface area contributed by atoms with Crippen LogP contribution in [0.5, 0.6) is 5.88 Å². The number of aryl methyl sites for hydroxylation is 1. The third-order valence-electron chi connectivity index (χ3n) is 4.80. The van der Waals surface area contributed by atoms with Crippen molar-refractivity contribution in [3.63, 3.8) is 0 Å². The lowest BCUT2D eigenvalue weighted by molar-refractivity contribution is 0.0130. The van der Waals surface area contributed by atoms with Crippen LogP contribution in [-0.2, 0) is 11.3 Å². The largest absolute Gasteiger partial charge is 0.493 e. The number of ether oxygens (including phenoxy) is 1. The van der Waals surface area contributed by atoms with Gasteiger partial charge in [0.15, 0.2) is 5.65 Å². The molecule has 0 radical (unpaired) electrons. The molecule has 2 aromatic rings. The van der Waals surface area contributed by atoms with Crippen molar-refractivity contribution in [1.29, 1.82) is 0 Å².